The number of rotatable bonds is 8. The first-order chi connectivity index (χ1) is 9.19. The second kappa shape index (κ2) is 8.08. The van der Waals surface area contributed by atoms with Crippen LogP contribution in [0, 0.1) is 22.5 Å². The normalized spacial score (nSPS) is 9.89. The van der Waals surface area contributed by atoms with Crippen molar-refractivity contribution in [3.8, 4) is 18.1 Å². The molecule has 0 spiro atoms. The molecule has 0 atom stereocenters. The zero-order chi connectivity index (χ0) is 14.1. The summed E-state index contributed by atoms with van der Waals surface area (Å²) in [4.78, 5) is 10.5. The van der Waals surface area contributed by atoms with Gasteiger partial charge in [0.15, 0.2) is 5.75 Å². The molecular weight excluding hydrogens is 248 g/mol. The van der Waals surface area contributed by atoms with Gasteiger partial charge in [0.1, 0.15) is 6.61 Å². The minimum absolute atomic E-state index is 0.00623. The van der Waals surface area contributed by atoms with Gasteiger partial charge in [-0.2, -0.15) is 0 Å². The number of nitrogens with one attached hydrogen (secondary N) is 1. The molecule has 1 rings (SSSR count). The lowest BCUT2D eigenvalue weighted by Crippen LogP contribution is -2.18. The fraction of sp³-hybridized carbons (Fsp3) is 0.385. The van der Waals surface area contributed by atoms with Crippen molar-refractivity contribution in [2.45, 2.75) is 6.54 Å². The molecule has 0 aliphatic rings. The van der Waals surface area contributed by atoms with Gasteiger partial charge in [-0.1, -0.05) is 12.0 Å². The Bertz CT molecular complexity index is 468. The zero-order valence-corrected chi connectivity index (χ0v) is 10.7. The molecule has 0 aromatic heterocycles. The predicted octanol–water partition coefficient (Wildman–Crippen LogP) is 1.34. The fourth-order valence-electron chi connectivity index (χ4n) is 1.46. The first kappa shape index (κ1) is 15.0. The van der Waals surface area contributed by atoms with Gasteiger partial charge in [-0.05, 0) is 11.6 Å². The maximum atomic E-state index is 10.9. The number of methoxy groups -OCH3 is 1. The highest BCUT2D eigenvalue weighted by Crippen LogP contribution is 2.27. The van der Waals surface area contributed by atoms with E-state index < -0.39 is 4.92 Å². The van der Waals surface area contributed by atoms with Crippen LogP contribution < -0.4 is 10.1 Å². The highest BCUT2D eigenvalue weighted by molar-refractivity contribution is 5.48. The molecule has 0 saturated heterocycles. The topological polar surface area (TPSA) is 73.6 Å². The quantitative estimate of drug-likeness (QED) is 0.332. The summed E-state index contributed by atoms with van der Waals surface area (Å²) in [5.41, 5.74) is 0.720. The summed E-state index contributed by atoms with van der Waals surface area (Å²) >= 11 is 0. The average Bonchev–Trinajstić information content (AvgIpc) is 2.41. The molecule has 1 aromatic carbocycles. The molecule has 0 saturated carbocycles. The summed E-state index contributed by atoms with van der Waals surface area (Å²) < 4.78 is 10.0. The molecule has 0 amide bonds. The second-order valence-electron chi connectivity index (χ2n) is 3.72. The summed E-state index contributed by atoms with van der Waals surface area (Å²) in [6.45, 7) is 1.80. The van der Waals surface area contributed by atoms with Gasteiger partial charge in [-0.3, -0.25) is 10.1 Å². The minimum atomic E-state index is -0.482. The standard InChI is InChI=1S/C13H16N2O4/c1-3-7-19-13-5-4-11(9-12(13)15(16)17)10-14-6-8-18-2/h1,4-5,9,14H,6-8,10H2,2H3. The number of nitrogens with zero attached hydrogens (tertiary/aromatic N) is 1. The Morgan fingerprint density at radius 2 is 2.32 bits per heavy atom. The van der Waals surface area contributed by atoms with E-state index in [1.807, 2.05) is 0 Å². The molecular formula is C13H16N2O4. The molecule has 6 nitrogen and oxygen atoms in total. The molecule has 6 heteroatoms. The molecule has 0 aliphatic heterocycles. The van der Waals surface area contributed by atoms with Crippen molar-refractivity contribution in [1.82, 2.24) is 5.32 Å². The summed E-state index contributed by atoms with van der Waals surface area (Å²) in [6.07, 6.45) is 5.06. The third kappa shape index (κ3) is 4.95. The van der Waals surface area contributed by atoms with Crippen molar-refractivity contribution in [3.05, 3.63) is 33.9 Å². The van der Waals surface area contributed by atoms with Crippen molar-refractivity contribution in [1.29, 1.82) is 0 Å². The Kier molecular flexibility index (Phi) is 6.36. The van der Waals surface area contributed by atoms with Gasteiger partial charge in [0.2, 0.25) is 0 Å². The van der Waals surface area contributed by atoms with Crippen LogP contribution in [0.5, 0.6) is 5.75 Å². The Balaban J connectivity index is 2.73. The molecule has 0 radical (unpaired) electrons. The summed E-state index contributed by atoms with van der Waals surface area (Å²) in [6, 6.07) is 4.80. The maximum absolute atomic E-state index is 10.9. The number of hydrogen-bond acceptors (Lipinski definition) is 5. The van der Waals surface area contributed by atoms with Crippen LogP contribution in [-0.4, -0.2) is 31.8 Å². The third-order valence-electron chi connectivity index (χ3n) is 2.34. The smallest absolute Gasteiger partial charge is 0.311 e. The van der Waals surface area contributed by atoms with Gasteiger partial charge in [-0.25, -0.2) is 0 Å². The van der Waals surface area contributed by atoms with E-state index in [0.29, 0.717) is 19.7 Å². The van der Waals surface area contributed by atoms with Crippen LogP contribution in [0.4, 0.5) is 5.69 Å². The number of terminal acetylenes is 1. The third-order valence-corrected chi connectivity index (χ3v) is 2.34. The van der Waals surface area contributed by atoms with Gasteiger partial charge < -0.3 is 14.8 Å². The fourth-order valence-corrected chi connectivity index (χ4v) is 1.46. The monoisotopic (exact) mass is 264 g/mol. The molecule has 1 N–H and O–H groups in total. The van der Waals surface area contributed by atoms with Crippen LogP contribution in [0.2, 0.25) is 0 Å². The molecule has 19 heavy (non-hydrogen) atoms. The predicted molar refractivity (Wildman–Crippen MR) is 71.0 cm³/mol. The molecule has 102 valence electrons. The number of hydrogen-bond donors (Lipinski definition) is 1. The first-order valence-electron chi connectivity index (χ1n) is 5.72. The van der Waals surface area contributed by atoms with E-state index in [4.69, 9.17) is 15.9 Å². The molecule has 0 heterocycles. The molecule has 0 aliphatic carbocycles. The van der Waals surface area contributed by atoms with E-state index in [9.17, 15) is 10.1 Å². The van der Waals surface area contributed by atoms with Gasteiger partial charge in [0, 0.05) is 26.3 Å². The Morgan fingerprint density at radius 3 is 2.95 bits per heavy atom. The molecule has 0 unspecified atom stereocenters. The van der Waals surface area contributed by atoms with Crippen LogP contribution >= 0.6 is 0 Å². The van der Waals surface area contributed by atoms with E-state index in [1.54, 1.807) is 19.2 Å². The van der Waals surface area contributed by atoms with E-state index in [1.165, 1.54) is 6.07 Å². The number of benzene rings is 1. The van der Waals surface area contributed by atoms with E-state index in [0.717, 1.165) is 5.56 Å². The number of nitro groups is 1. The van der Waals surface area contributed by atoms with Crippen LogP contribution in [0.3, 0.4) is 0 Å². The van der Waals surface area contributed by atoms with Crippen LogP contribution in [-0.2, 0) is 11.3 Å². The van der Waals surface area contributed by atoms with E-state index >= 15 is 0 Å². The van der Waals surface area contributed by atoms with Crippen molar-refractivity contribution in [2.75, 3.05) is 26.9 Å². The van der Waals surface area contributed by atoms with Crippen LogP contribution in [0.15, 0.2) is 18.2 Å². The Morgan fingerprint density at radius 1 is 1.53 bits per heavy atom. The van der Waals surface area contributed by atoms with Gasteiger partial charge in [0.25, 0.3) is 0 Å². The van der Waals surface area contributed by atoms with Gasteiger partial charge in [-0.15, -0.1) is 6.42 Å². The van der Waals surface area contributed by atoms with Crippen LogP contribution in [0.1, 0.15) is 5.56 Å². The number of ether oxygens (including phenoxy) is 2. The van der Waals surface area contributed by atoms with Crippen molar-refractivity contribution >= 4 is 5.69 Å². The molecule has 0 bridgehead atoms. The molecule has 0 fully saturated rings. The Hall–Kier alpha value is -2.10. The zero-order valence-electron chi connectivity index (χ0n) is 10.7. The second-order valence-corrected chi connectivity index (χ2v) is 3.72. The molecule has 1 aromatic rings. The van der Waals surface area contributed by atoms with Gasteiger partial charge in [0.05, 0.1) is 11.5 Å². The average molecular weight is 264 g/mol. The van der Waals surface area contributed by atoms with E-state index in [-0.39, 0.29) is 18.0 Å². The van der Waals surface area contributed by atoms with Gasteiger partial charge >= 0.3 is 5.69 Å². The lowest BCUT2D eigenvalue weighted by molar-refractivity contribution is -0.385. The van der Waals surface area contributed by atoms with Crippen molar-refractivity contribution in [2.24, 2.45) is 0 Å². The minimum Gasteiger partial charge on any atom is -0.474 e. The summed E-state index contributed by atoms with van der Waals surface area (Å²) in [5.74, 6) is 2.46. The van der Waals surface area contributed by atoms with Crippen molar-refractivity contribution in [3.63, 3.8) is 0 Å². The maximum Gasteiger partial charge on any atom is 0.311 e. The summed E-state index contributed by atoms with van der Waals surface area (Å²) in [5, 5.41) is 14.1. The van der Waals surface area contributed by atoms with E-state index in [2.05, 4.69) is 11.2 Å². The largest absolute Gasteiger partial charge is 0.474 e. The SMILES string of the molecule is C#CCOc1ccc(CNCCOC)cc1[N+](=O)[O-]. The highest BCUT2D eigenvalue weighted by Gasteiger charge is 2.15. The lowest BCUT2D eigenvalue weighted by Gasteiger charge is -2.07. The lowest BCUT2D eigenvalue weighted by atomic mass is 10.2. The Labute approximate surface area is 111 Å². The highest BCUT2D eigenvalue weighted by atomic mass is 16.6. The van der Waals surface area contributed by atoms with Crippen molar-refractivity contribution < 1.29 is 14.4 Å². The number of nitro benzene ring substituents is 1. The first-order valence-corrected chi connectivity index (χ1v) is 5.72. The summed E-state index contributed by atoms with van der Waals surface area (Å²) in [7, 11) is 1.62. The van der Waals surface area contributed by atoms with Crippen LogP contribution in [0.25, 0.3) is 0 Å².